The summed E-state index contributed by atoms with van der Waals surface area (Å²) in [6, 6.07) is 29.0. The fraction of sp³-hybridized carbons (Fsp3) is 0. The highest BCUT2D eigenvalue weighted by Gasteiger charge is 2.21. The number of hydrogen-bond donors (Lipinski definition) is 0. The van der Waals surface area contributed by atoms with Gasteiger partial charge in [0.25, 0.3) is 5.91 Å². The van der Waals surface area contributed by atoms with Gasteiger partial charge in [0.2, 0.25) is 5.13 Å². The Morgan fingerprint density at radius 1 is 0.912 bits per heavy atom. The Labute approximate surface area is 208 Å². The van der Waals surface area contributed by atoms with Crippen molar-refractivity contribution in [3.8, 4) is 11.1 Å². The Morgan fingerprint density at radius 2 is 1.62 bits per heavy atom. The summed E-state index contributed by atoms with van der Waals surface area (Å²) >= 11 is 4.85. The molecule has 1 heterocycles. The lowest BCUT2D eigenvalue weighted by Gasteiger charge is -2.14. The van der Waals surface area contributed by atoms with Gasteiger partial charge in [0, 0.05) is 10.0 Å². The highest BCUT2D eigenvalue weighted by molar-refractivity contribution is 9.10. The molecule has 0 saturated heterocycles. The van der Waals surface area contributed by atoms with E-state index in [4.69, 9.17) is 0 Å². The Balaban J connectivity index is 1.51. The molecule has 0 aliphatic carbocycles. The van der Waals surface area contributed by atoms with Crippen molar-refractivity contribution in [3.63, 3.8) is 0 Å². The highest BCUT2D eigenvalue weighted by atomic mass is 79.9. The van der Waals surface area contributed by atoms with Gasteiger partial charge in [0.05, 0.1) is 16.4 Å². The van der Waals surface area contributed by atoms with Crippen molar-refractivity contribution in [2.45, 2.75) is 0 Å². The van der Waals surface area contributed by atoms with Crippen LogP contribution in [0.25, 0.3) is 21.3 Å². The number of thiazole rings is 1. The molecule has 0 fully saturated rings. The summed E-state index contributed by atoms with van der Waals surface area (Å²) in [6.45, 7) is 0. The van der Waals surface area contributed by atoms with E-state index in [1.54, 1.807) is 24.3 Å². The number of amides is 1. The van der Waals surface area contributed by atoms with Crippen molar-refractivity contribution < 1.29 is 9.18 Å². The monoisotopic (exact) mass is 529 g/mol. The van der Waals surface area contributed by atoms with Gasteiger partial charge in [-0.3, -0.25) is 4.79 Å². The van der Waals surface area contributed by atoms with E-state index in [0.29, 0.717) is 16.3 Å². The second-order valence-corrected chi connectivity index (χ2v) is 9.39. The molecule has 34 heavy (non-hydrogen) atoms. The molecular weight excluding hydrogens is 513 g/mol. The predicted molar refractivity (Wildman–Crippen MR) is 140 cm³/mol. The minimum Gasteiger partial charge on any atom is -0.267 e. The molecule has 1 aromatic heterocycles. The molecule has 0 aliphatic heterocycles. The fourth-order valence-corrected chi connectivity index (χ4v) is 4.87. The maximum atomic E-state index is 13.5. The lowest BCUT2D eigenvalue weighted by Crippen LogP contribution is -2.25. The van der Waals surface area contributed by atoms with Gasteiger partial charge in [0.15, 0.2) is 0 Å². The van der Waals surface area contributed by atoms with Gasteiger partial charge in [-0.25, -0.2) is 9.37 Å². The van der Waals surface area contributed by atoms with Crippen molar-refractivity contribution in [3.05, 3.63) is 118 Å². The summed E-state index contributed by atoms with van der Waals surface area (Å²) in [5, 5.41) is 6.18. The molecule has 0 spiro atoms. The molecule has 0 bridgehead atoms. The van der Waals surface area contributed by atoms with Crippen LogP contribution < -0.4 is 5.01 Å². The average Bonchev–Trinajstić information content (AvgIpc) is 3.28. The Morgan fingerprint density at radius 3 is 2.35 bits per heavy atom. The zero-order valence-corrected chi connectivity index (χ0v) is 20.1. The Hall–Kier alpha value is -3.68. The van der Waals surface area contributed by atoms with E-state index >= 15 is 0 Å². The number of carbonyl (C=O) groups is 1. The van der Waals surface area contributed by atoms with Crippen molar-refractivity contribution >= 4 is 54.7 Å². The molecule has 0 atom stereocenters. The second-order valence-electron chi connectivity index (χ2n) is 7.46. The summed E-state index contributed by atoms with van der Waals surface area (Å²) in [5.41, 5.74) is 4.02. The lowest BCUT2D eigenvalue weighted by molar-refractivity contribution is 0.0988. The van der Waals surface area contributed by atoms with Crippen molar-refractivity contribution in [1.82, 2.24) is 4.98 Å². The van der Waals surface area contributed by atoms with E-state index in [1.165, 1.54) is 34.7 Å². The lowest BCUT2D eigenvalue weighted by atomic mass is 10.0. The van der Waals surface area contributed by atoms with Crippen LogP contribution in [0.5, 0.6) is 0 Å². The molecule has 1 amide bonds. The van der Waals surface area contributed by atoms with Gasteiger partial charge < -0.3 is 0 Å². The number of hydrogen-bond acceptors (Lipinski definition) is 4. The van der Waals surface area contributed by atoms with Gasteiger partial charge in [-0.15, -0.1) is 0 Å². The van der Waals surface area contributed by atoms with Crippen LogP contribution in [0.15, 0.2) is 107 Å². The van der Waals surface area contributed by atoms with Gasteiger partial charge in [-0.2, -0.15) is 10.1 Å². The summed E-state index contributed by atoms with van der Waals surface area (Å²) in [5.74, 6) is -0.642. The van der Waals surface area contributed by atoms with Gasteiger partial charge >= 0.3 is 0 Å². The number of benzene rings is 4. The molecule has 4 nitrogen and oxygen atoms in total. The zero-order chi connectivity index (χ0) is 23.5. The van der Waals surface area contributed by atoms with Gasteiger partial charge in [-0.1, -0.05) is 81.9 Å². The quantitative estimate of drug-likeness (QED) is 0.174. The second kappa shape index (κ2) is 9.67. The Bertz CT molecular complexity index is 1480. The number of rotatable bonds is 5. The molecule has 0 radical (unpaired) electrons. The third-order valence-electron chi connectivity index (χ3n) is 5.14. The first-order valence-electron chi connectivity index (χ1n) is 10.4. The molecule has 0 aliphatic rings. The van der Waals surface area contributed by atoms with E-state index in [-0.39, 0.29) is 11.7 Å². The molecule has 0 unspecified atom stereocenters. The normalized spacial score (nSPS) is 11.2. The largest absolute Gasteiger partial charge is 0.280 e. The van der Waals surface area contributed by atoms with Crippen LogP contribution in [0, 0.1) is 5.82 Å². The number of carbonyl (C=O) groups excluding carboxylic acids is 1. The van der Waals surface area contributed by atoms with Gasteiger partial charge in [-0.05, 0) is 59.2 Å². The molecule has 4 aromatic carbocycles. The van der Waals surface area contributed by atoms with Crippen molar-refractivity contribution in [1.29, 1.82) is 0 Å². The van der Waals surface area contributed by atoms with E-state index in [0.717, 1.165) is 25.8 Å². The number of anilines is 1. The molecule has 5 rings (SSSR count). The first kappa shape index (κ1) is 22.1. The predicted octanol–water partition coefficient (Wildman–Crippen LogP) is 7.55. The smallest absolute Gasteiger partial charge is 0.267 e. The van der Waals surface area contributed by atoms with E-state index < -0.39 is 0 Å². The molecule has 0 N–H and O–H groups in total. The highest BCUT2D eigenvalue weighted by Crippen LogP contribution is 2.32. The molecule has 7 heteroatoms. The van der Waals surface area contributed by atoms with Crippen LogP contribution in [0.3, 0.4) is 0 Å². The van der Waals surface area contributed by atoms with Crippen LogP contribution >= 0.6 is 27.3 Å². The minimum absolute atomic E-state index is 0.309. The first-order chi connectivity index (χ1) is 16.6. The van der Waals surface area contributed by atoms with Crippen molar-refractivity contribution in [2.24, 2.45) is 5.10 Å². The standard InChI is InChI=1S/C27H17BrFN3OS/c28-22-12-15-24-25(16-22)34-27(31-24)32(30-17-18-6-13-23(29)14-7-18)26(33)21-10-8-20(9-11-21)19-4-2-1-3-5-19/h1-17H/b30-17+. The summed E-state index contributed by atoms with van der Waals surface area (Å²) in [6.07, 6.45) is 1.53. The number of fused-ring (bicyclic) bond motifs is 1. The van der Waals surface area contributed by atoms with Crippen LogP contribution in [0.1, 0.15) is 15.9 Å². The maximum Gasteiger partial charge on any atom is 0.280 e. The summed E-state index contributed by atoms with van der Waals surface area (Å²) < 4.78 is 15.1. The SMILES string of the molecule is O=C(c1ccc(-c2ccccc2)cc1)N(/N=C/c1ccc(F)cc1)c1nc2ccc(Br)cc2s1. The van der Waals surface area contributed by atoms with Crippen LogP contribution in [-0.4, -0.2) is 17.1 Å². The van der Waals surface area contributed by atoms with Crippen molar-refractivity contribution in [2.75, 3.05) is 5.01 Å². The number of nitrogens with zero attached hydrogens (tertiary/aromatic N) is 3. The van der Waals surface area contributed by atoms with E-state index in [1.807, 2.05) is 60.7 Å². The fourth-order valence-electron chi connectivity index (χ4n) is 3.40. The molecule has 5 aromatic rings. The molecular formula is C27H17BrFN3OS. The third-order valence-corrected chi connectivity index (χ3v) is 6.63. The summed E-state index contributed by atoms with van der Waals surface area (Å²) in [4.78, 5) is 18.1. The van der Waals surface area contributed by atoms with Crippen LogP contribution in [0.4, 0.5) is 9.52 Å². The Kier molecular flexibility index (Phi) is 6.29. The minimum atomic E-state index is -0.333. The van der Waals surface area contributed by atoms with Gasteiger partial charge in [0.1, 0.15) is 5.82 Å². The van der Waals surface area contributed by atoms with Crippen LogP contribution in [0.2, 0.25) is 0 Å². The van der Waals surface area contributed by atoms with E-state index in [9.17, 15) is 9.18 Å². The number of aromatic nitrogens is 1. The van der Waals surface area contributed by atoms with Crippen LogP contribution in [-0.2, 0) is 0 Å². The maximum absolute atomic E-state index is 13.5. The van der Waals surface area contributed by atoms with E-state index in [2.05, 4.69) is 26.0 Å². The number of halogens is 2. The zero-order valence-electron chi connectivity index (χ0n) is 17.7. The molecule has 0 saturated carbocycles. The topological polar surface area (TPSA) is 45.6 Å². The molecule has 166 valence electrons. The summed E-state index contributed by atoms with van der Waals surface area (Å²) in [7, 11) is 0. The average molecular weight is 530 g/mol. The number of hydrazone groups is 1. The first-order valence-corrected chi connectivity index (χ1v) is 12.0. The third kappa shape index (κ3) is 4.81.